The number of hydrogen-bond donors (Lipinski definition) is 1. The summed E-state index contributed by atoms with van der Waals surface area (Å²) in [7, 11) is 0. The van der Waals surface area contributed by atoms with Crippen molar-refractivity contribution in [2.45, 2.75) is 20.0 Å². The zero-order valence-corrected chi connectivity index (χ0v) is 17.2. The molecule has 29 heavy (non-hydrogen) atoms. The summed E-state index contributed by atoms with van der Waals surface area (Å²) in [5.41, 5.74) is 1.76. The van der Waals surface area contributed by atoms with E-state index in [1.54, 1.807) is 18.2 Å². The predicted octanol–water partition coefficient (Wildman–Crippen LogP) is 3.29. The van der Waals surface area contributed by atoms with Gasteiger partial charge in [0.2, 0.25) is 0 Å². The highest BCUT2D eigenvalue weighted by Crippen LogP contribution is 2.28. The first-order valence-electron chi connectivity index (χ1n) is 10.3. The molecule has 1 atom stereocenters. The molecule has 0 aliphatic carbocycles. The zero-order valence-electron chi connectivity index (χ0n) is 17.2. The van der Waals surface area contributed by atoms with Gasteiger partial charge in [-0.25, -0.2) is 0 Å². The molecule has 6 heteroatoms. The quantitative estimate of drug-likeness (QED) is 0.702. The summed E-state index contributed by atoms with van der Waals surface area (Å²) in [5, 5.41) is 3.00. The van der Waals surface area contributed by atoms with Crippen molar-refractivity contribution in [3.8, 4) is 11.5 Å². The third-order valence-corrected chi connectivity index (χ3v) is 4.84. The summed E-state index contributed by atoms with van der Waals surface area (Å²) in [4.78, 5) is 14.9. The van der Waals surface area contributed by atoms with E-state index < -0.39 is 0 Å². The van der Waals surface area contributed by atoms with Crippen LogP contribution in [0.3, 0.4) is 0 Å². The van der Waals surface area contributed by atoms with Gasteiger partial charge in [-0.2, -0.15) is 0 Å². The summed E-state index contributed by atoms with van der Waals surface area (Å²) in [6, 6.07) is 15.6. The average molecular weight is 399 g/mol. The van der Waals surface area contributed by atoms with Crippen LogP contribution in [-0.2, 0) is 4.74 Å². The molecule has 1 aliphatic rings. The Balaban J connectivity index is 1.51. The lowest BCUT2D eigenvalue weighted by atomic mass is 10.1. The zero-order chi connectivity index (χ0) is 20.5. The second-order valence-electron chi connectivity index (χ2n) is 6.85. The van der Waals surface area contributed by atoms with Crippen molar-refractivity contribution in [2.75, 3.05) is 46.0 Å². The number of nitrogens with one attached hydrogen (secondary N) is 1. The molecule has 1 unspecified atom stereocenters. The molecule has 0 bridgehead atoms. The Morgan fingerprint density at radius 2 is 1.86 bits per heavy atom. The number of amides is 1. The minimum Gasteiger partial charge on any atom is -0.490 e. The summed E-state index contributed by atoms with van der Waals surface area (Å²) in [6.07, 6.45) is 0.0838. The molecule has 1 N–H and O–H groups in total. The van der Waals surface area contributed by atoms with Gasteiger partial charge in [0.15, 0.2) is 11.5 Å². The van der Waals surface area contributed by atoms with E-state index in [0.29, 0.717) is 43.4 Å². The molecule has 1 aliphatic heterocycles. The first-order chi connectivity index (χ1) is 14.2. The molecule has 0 saturated carbocycles. The molecular weight excluding hydrogens is 368 g/mol. The minimum absolute atomic E-state index is 0.0838. The van der Waals surface area contributed by atoms with E-state index in [1.807, 2.05) is 32.0 Å². The summed E-state index contributed by atoms with van der Waals surface area (Å²) >= 11 is 0. The number of carbonyl (C=O) groups is 1. The van der Waals surface area contributed by atoms with Gasteiger partial charge in [-0.1, -0.05) is 30.3 Å². The second kappa shape index (κ2) is 10.8. The highest BCUT2D eigenvalue weighted by atomic mass is 16.5. The fraction of sp³-hybridized carbons (Fsp3) is 0.435. The lowest BCUT2D eigenvalue weighted by molar-refractivity contribution is -0.0293. The number of carbonyl (C=O) groups excluding carboxylic acids is 1. The van der Waals surface area contributed by atoms with Crippen molar-refractivity contribution in [3.05, 3.63) is 59.7 Å². The Kier molecular flexibility index (Phi) is 7.90. The summed E-state index contributed by atoms with van der Waals surface area (Å²) < 4.78 is 17.1. The molecule has 156 valence electrons. The van der Waals surface area contributed by atoms with Crippen LogP contribution in [0.4, 0.5) is 0 Å². The Bertz CT molecular complexity index is 782. The minimum atomic E-state index is -0.109. The molecule has 6 nitrogen and oxygen atoms in total. The van der Waals surface area contributed by atoms with Gasteiger partial charge in [0.05, 0.1) is 25.9 Å². The summed E-state index contributed by atoms with van der Waals surface area (Å²) in [6.45, 7) is 8.67. The van der Waals surface area contributed by atoms with Crippen LogP contribution < -0.4 is 14.8 Å². The van der Waals surface area contributed by atoms with Crippen LogP contribution in [0.25, 0.3) is 0 Å². The Hall–Kier alpha value is -2.57. The Morgan fingerprint density at radius 3 is 2.62 bits per heavy atom. The lowest BCUT2D eigenvalue weighted by Gasteiger charge is -2.33. The van der Waals surface area contributed by atoms with Gasteiger partial charge in [0.25, 0.3) is 5.91 Å². The predicted molar refractivity (Wildman–Crippen MR) is 113 cm³/mol. The number of nitrogens with zero attached hydrogens (tertiary/aromatic N) is 1. The van der Waals surface area contributed by atoms with Crippen molar-refractivity contribution in [1.29, 1.82) is 0 Å². The van der Waals surface area contributed by atoms with Gasteiger partial charge < -0.3 is 19.5 Å². The van der Waals surface area contributed by atoms with E-state index in [9.17, 15) is 4.79 Å². The molecular formula is C23H30N2O4. The Labute approximate surface area is 172 Å². The number of hydrogen-bond acceptors (Lipinski definition) is 5. The molecule has 2 aromatic rings. The van der Waals surface area contributed by atoms with Crippen LogP contribution in [0.1, 0.15) is 35.9 Å². The van der Waals surface area contributed by atoms with Gasteiger partial charge in [-0.3, -0.25) is 9.69 Å². The Morgan fingerprint density at radius 1 is 1.10 bits per heavy atom. The van der Waals surface area contributed by atoms with E-state index in [4.69, 9.17) is 14.2 Å². The second-order valence-corrected chi connectivity index (χ2v) is 6.85. The molecule has 1 heterocycles. The highest BCUT2D eigenvalue weighted by Gasteiger charge is 2.21. The molecule has 1 saturated heterocycles. The third-order valence-electron chi connectivity index (χ3n) is 4.84. The SMILES string of the molecule is CCOc1ccc(C(=O)NCCN2CCOC(c3ccccc3)C2)cc1OCC. The normalized spacial score (nSPS) is 17.0. The lowest BCUT2D eigenvalue weighted by Crippen LogP contribution is -2.42. The number of rotatable bonds is 9. The van der Waals surface area contributed by atoms with Crippen LogP contribution >= 0.6 is 0 Å². The molecule has 0 aromatic heterocycles. The number of morpholine rings is 1. The van der Waals surface area contributed by atoms with Crippen LogP contribution in [0.5, 0.6) is 11.5 Å². The van der Waals surface area contributed by atoms with E-state index in [1.165, 1.54) is 5.56 Å². The molecule has 1 amide bonds. The maximum absolute atomic E-state index is 12.5. The van der Waals surface area contributed by atoms with E-state index in [0.717, 1.165) is 19.6 Å². The van der Waals surface area contributed by atoms with Crippen molar-refractivity contribution >= 4 is 5.91 Å². The standard InChI is InChI=1S/C23H30N2O4/c1-3-27-20-11-10-19(16-21(20)28-4-2)23(26)24-12-13-25-14-15-29-22(17-25)18-8-6-5-7-9-18/h5-11,16,22H,3-4,12-15,17H2,1-2H3,(H,24,26). The van der Waals surface area contributed by atoms with Gasteiger partial charge in [0, 0.05) is 31.7 Å². The van der Waals surface area contributed by atoms with Gasteiger partial charge in [-0.05, 0) is 37.6 Å². The van der Waals surface area contributed by atoms with Crippen LogP contribution in [-0.4, -0.2) is 56.8 Å². The molecule has 0 spiro atoms. The maximum atomic E-state index is 12.5. The third kappa shape index (κ3) is 5.95. The fourth-order valence-electron chi connectivity index (χ4n) is 3.40. The first-order valence-corrected chi connectivity index (χ1v) is 10.3. The van der Waals surface area contributed by atoms with E-state index >= 15 is 0 Å². The molecule has 1 fully saturated rings. The molecule has 3 rings (SSSR count). The first kappa shape index (κ1) is 21.1. The topological polar surface area (TPSA) is 60.0 Å². The largest absolute Gasteiger partial charge is 0.490 e. The van der Waals surface area contributed by atoms with Gasteiger partial charge in [0.1, 0.15) is 0 Å². The monoisotopic (exact) mass is 398 g/mol. The molecule has 2 aromatic carbocycles. The van der Waals surface area contributed by atoms with Crippen LogP contribution in [0.2, 0.25) is 0 Å². The maximum Gasteiger partial charge on any atom is 0.251 e. The van der Waals surface area contributed by atoms with E-state index in [-0.39, 0.29) is 12.0 Å². The van der Waals surface area contributed by atoms with Crippen LogP contribution in [0.15, 0.2) is 48.5 Å². The highest BCUT2D eigenvalue weighted by molar-refractivity contribution is 5.94. The smallest absolute Gasteiger partial charge is 0.251 e. The number of ether oxygens (including phenoxy) is 3. The number of benzene rings is 2. The summed E-state index contributed by atoms with van der Waals surface area (Å²) in [5.74, 6) is 1.15. The fourth-order valence-corrected chi connectivity index (χ4v) is 3.40. The van der Waals surface area contributed by atoms with Crippen molar-refractivity contribution in [2.24, 2.45) is 0 Å². The van der Waals surface area contributed by atoms with Gasteiger partial charge >= 0.3 is 0 Å². The van der Waals surface area contributed by atoms with Crippen LogP contribution in [0, 0.1) is 0 Å². The van der Waals surface area contributed by atoms with Crippen molar-refractivity contribution < 1.29 is 19.0 Å². The average Bonchev–Trinajstić information content (AvgIpc) is 2.76. The van der Waals surface area contributed by atoms with Gasteiger partial charge in [-0.15, -0.1) is 0 Å². The van der Waals surface area contributed by atoms with Crippen molar-refractivity contribution in [1.82, 2.24) is 10.2 Å². The van der Waals surface area contributed by atoms with Crippen molar-refractivity contribution in [3.63, 3.8) is 0 Å². The molecule has 0 radical (unpaired) electrons. The van der Waals surface area contributed by atoms with E-state index in [2.05, 4.69) is 22.3 Å².